The smallest absolute Gasteiger partial charge is 0.118 e. The van der Waals surface area contributed by atoms with Crippen molar-refractivity contribution in [1.29, 1.82) is 0 Å². The third-order valence-corrected chi connectivity index (χ3v) is 1.39. The molecule has 0 aliphatic rings. The van der Waals surface area contributed by atoms with E-state index in [0.717, 1.165) is 0 Å². The molecule has 2 heterocycles. The van der Waals surface area contributed by atoms with E-state index in [0.29, 0.717) is 5.82 Å². The van der Waals surface area contributed by atoms with Crippen LogP contribution in [0.1, 0.15) is 0 Å². The van der Waals surface area contributed by atoms with Gasteiger partial charge in [-0.15, -0.1) is 11.3 Å². The molecule has 0 unspecified atom stereocenters. The zero-order valence-corrected chi connectivity index (χ0v) is 6.58. The molecular weight excluding hydrogens is 160 g/mol. The SMILES string of the molecule is Nc1ccn[nH]1.c1cscn1. The molecule has 0 atom stereocenters. The summed E-state index contributed by atoms with van der Waals surface area (Å²) in [6.07, 6.45) is 3.38. The summed E-state index contributed by atoms with van der Waals surface area (Å²) < 4.78 is 0. The van der Waals surface area contributed by atoms with Crippen molar-refractivity contribution in [2.45, 2.75) is 0 Å². The fourth-order valence-corrected chi connectivity index (χ4v) is 0.794. The van der Waals surface area contributed by atoms with Gasteiger partial charge in [-0.3, -0.25) is 10.1 Å². The van der Waals surface area contributed by atoms with Gasteiger partial charge < -0.3 is 5.73 Å². The largest absolute Gasteiger partial charge is 0.384 e. The molecular formula is C6H8N4S. The summed E-state index contributed by atoms with van der Waals surface area (Å²) >= 11 is 1.60. The second-order valence-electron chi connectivity index (χ2n) is 1.69. The molecule has 2 aromatic rings. The van der Waals surface area contributed by atoms with Gasteiger partial charge in [0, 0.05) is 11.6 Å². The quantitative estimate of drug-likeness (QED) is 0.619. The lowest BCUT2D eigenvalue weighted by molar-refractivity contribution is 1.10. The predicted octanol–water partition coefficient (Wildman–Crippen LogP) is 1.14. The monoisotopic (exact) mass is 168 g/mol. The molecule has 0 fully saturated rings. The Morgan fingerprint density at radius 2 is 2.36 bits per heavy atom. The lowest BCUT2D eigenvalue weighted by atomic mass is 10.7. The molecule has 11 heavy (non-hydrogen) atoms. The summed E-state index contributed by atoms with van der Waals surface area (Å²) in [6.45, 7) is 0. The van der Waals surface area contributed by atoms with Crippen LogP contribution in [0.2, 0.25) is 0 Å². The van der Waals surface area contributed by atoms with E-state index in [1.54, 1.807) is 35.3 Å². The van der Waals surface area contributed by atoms with E-state index in [9.17, 15) is 0 Å². The van der Waals surface area contributed by atoms with Crippen LogP contribution in [0.25, 0.3) is 0 Å². The van der Waals surface area contributed by atoms with Crippen LogP contribution in [0.4, 0.5) is 5.82 Å². The fourth-order valence-electron chi connectivity index (χ4n) is 0.442. The highest BCUT2D eigenvalue weighted by Crippen LogP contribution is 1.86. The van der Waals surface area contributed by atoms with Crippen LogP contribution in [-0.4, -0.2) is 15.2 Å². The minimum atomic E-state index is 0.606. The highest BCUT2D eigenvalue weighted by atomic mass is 32.1. The molecule has 0 amide bonds. The molecule has 0 saturated carbocycles. The van der Waals surface area contributed by atoms with Crippen molar-refractivity contribution in [3.05, 3.63) is 29.4 Å². The Morgan fingerprint density at radius 1 is 1.45 bits per heavy atom. The number of aromatic nitrogens is 3. The highest BCUT2D eigenvalue weighted by molar-refractivity contribution is 7.07. The first kappa shape index (κ1) is 7.74. The van der Waals surface area contributed by atoms with Gasteiger partial charge in [0.15, 0.2) is 0 Å². The van der Waals surface area contributed by atoms with E-state index < -0.39 is 0 Å². The maximum Gasteiger partial charge on any atom is 0.118 e. The molecule has 0 spiro atoms. The summed E-state index contributed by atoms with van der Waals surface area (Å²) in [5.74, 6) is 0.606. The van der Waals surface area contributed by atoms with Crippen LogP contribution in [0.15, 0.2) is 29.4 Å². The Morgan fingerprint density at radius 3 is 2.55 bits per heavy atom. The maximum atomic E-state index is 5.16. The average molecular weight is 168 g/mol. The number of nitrogens with two attached hydrogens (primary N) is 1. The molecule has 0 aliphatic carbocycles. The van der Waals surface area contributed by atoms with E-state index >= 15 is 0 Å². The van der Waals surface area contributed by atoms with Crippen molar-refractivity contribution in [1.82, 2.24) is 15.2 Å². The number of anilines is 1. The number of rotatable bonds is 0. The molecule has 2 aromatic heterocycles. The minimum absolute atomic E-state index is 0.606. The average Bonchev–Trinajstić information content (AvgIpc) is 2.57. The first-order valence-electron chi connectivity index (χ1n) is 2.96. The summed E-state index contributed by atoms with van der Waals surface area (Å²) in [6, 6.07) is 1.69. The predicted molar refractivity (Wildman–Crippen MR) is 45.1 cm³/mol. The van der Waals surface area contributed by atoms with Crippen LogP contribution >= 0.6 is 11.3 Å². The van der Waals surface area contributed by atoms with Gasteiger partial charge in [0.05, 0.1) is 11.7 Å². The molecule has 0 bridgehead atoms. The van der Waals surface area contributed by atoms with E-state index in [-0.39, 0.29) is 0 Å². The Hall–Kier alpha value is -1.36. The molecule has 0 saturated heterocycles. The molecule has 58 valence electrons. The number of nitrogens with one attached hydrogen (secondary N) is 1. The Kier molecular flexibility index (Phi) is 3.14. The van der Waals surface area contributed by atoms with Gasteiger partial charge in [-0.1, -0.05) is 0 Å². The van der Waals surface area contributed by atoms with Crippen LogP contribution in [0.3, 0.4) is 0 Å². The third kappa shape index (κ3) is 3.36. The molecule has 3 N–H and O–H groups in total. The Labute approximate surface area is 68.1 Å². The van der Waals surface area contributed by atoms with Crippen molar-refractivity contribution in [2.24, 2.45) is 0 Å². The van der Waals surface area contributed by atoms with Gasteiger partial charge in [-0.2, -0.15) is 5.10 Å². The van der Waals surface area contributed by atoms with E-state index in [1.165, 1.54) is 0 Å². The van der Waals surface area contributed by atoms with Gasteiger partial charge in [0.1, 0.15) is 5.82 Å². The van der Waals surface area contributed by atoms with Gasteiger partial charge in [-0.05, 0) is 6.07 Å². The van der Waals surface area contributed by atoms with Crippen LogP contribution in [-0.2, 0) is 0 Å². The van der Waals surface area contributed by atoms with Gasteiger partial charge in [0.2, 0.25) is 0 Å². The lowest BCUT2D eigenvalue weighted by Gasteiger charge is -1.70. The van der Waals surface area contributed by atoms with Crippen molar-refractivity contribution in [2.75, 3.05) is 5.73 Å². The molecule has 0 radical (unpaired) electrons. The minimum Gasteiger partial charge on any atom is -0.384 e. The Balaban J connectivity index is 0.000000112. The van der Waals surface area contributed by atoms with Gasteiger partial charge in [-0.25, -0.2) is 0 Å². The van der Waals surface area contributed by atoms with Crippen molar-refractivity contribution < 1.29 is 0 Å². The molecule has 0 aromatic carbocycles. The third-order valence-electron chi connectivity index (χ3n) is 0.869. The standard InChI is InChI=1S/C3H5N3.C3H3NS/c4-3-1-2-5-6-3;1-2-5-3-4-1/h1-2H,(H3,4,5,6);1-3H. The molecule has 2 rings (SSSR count). The summed E-state index contributed by atoms with van der Waals surface area (Å²) in [7, 11) is 0. The van der Waals surface area contributed by atoms with Crippen LogP contribution in [0, 0.1) is 0 Å². The second kappa shape index (κ2) is 4.45. The van der Waals surface area contributed by atoms with Crippen LogP contribution in [0.5, 0.6) is 0 Å². The summed E-state index contributed by atoms with van der Waals surface area (Å²) in [5, 5.41) is 8.03. The normalized spacial score (nSPS) is 8.36. The summed E-state index contributed by atoms with van der Waals surface area (Å²) in [5.41, 5.74) is 6.95. The topological polar surface area (TPSA) is 67.6 Å². The molecule has 4 nitrogen and oxygen atoms in total. The first-order chi connectivity index (χ1) is 5.39. The number of hydrogen-bond donors (Lipinski definition) is 2. The first-order valence-corrected chi connectivity index (χ1v) is 3.91. The summed E-state index contributed by atoms with van der Waals surface area (Å²) in [4.78, 5) is 3.74. The zero-order valence-electron chi connectivity index (χ0n) is 5.77. The van der Waals surface area contributed by atoms with Crippen molar-refractivity contribution in [3.63, 3.8) is 0 Å². The molecule has 5 heteroatoms. The van der Waals surface area contributed by atoms with Crippen molar-refractivity contribution >= 4 is 17.2 Å². The van der Waals surface area contributed by atoms with Crippen LogP contribution < -0.4 is 5.73 Å². The number of aromatic amines is 1. The Bertz CT molecular complexity index is 233. The zero-order chi connectivity index (χ0) is 7.94. The van der Waals surface area contributed by atoms with E-state index in [2.05, 4.69) is 15.2 Å². The van der Waals surface area contributed by atoms with Crippen molar-refractivity contribution in [3.8, 4) is 0 Å². The number of nitrogen functional groups attached to an aromatic ring is 1. The molecule has 0 aliphatic heterocycles. The lowest BCUT2D eigenvalue weighted by Crippen LogP contribution is -1.81. The van der Waals surface area contributed by atoms with E-state index in [1.807, 2.05) is 5.38 Å². The number of nitrogens with zero attached hydrogens (tertiary/aromatic N) is 2. The van der Waals surface area contributed by atoms with Gasteiger partial charge in [0.25, 0.3) is 0 Å². The number of thiazole rings is 1. The van der Waals surface area contributed by atoms with Gasteiger partial charge >= 0.3 is 0 Å². The fraction of sp³-hybridized carbons (Fsp3) is 0. The highest BCUT2D eigenvalue weighted by Gasteiger charge is 1.74. The number of H-pyrrole nitrogens is 1. The van der Waals surface area contributed by atoms with E-state index in [4.69, 9.17) is 5.73 Å². The second-order valence-corrected chi connectivity index (χ2v) is 2.44. The maximum absolute atomic E-state index is 5.16. The number of hydrogen-bond acceptors (Lipinski definition) is 4.